The second-order valence-electron chi connectivity index (χ2n) is 5.44. The molecule has 2 unspecified atom stereocenters. The van der Waals surface area contributed by atoms with Crippen LogP contribution in [0.2, 0.25) is 5.15 Å². The molecule has 1 heterocycles. The Hall–Kier alpha value is -2.08. The normalized spacial score (nSPS) is 20.3. The van der Waals surface area contributed by atoms with Gasteiger partial charge >= 0.3 is 12.1 Å². The maximum Gasteiger partial charge on any atom is 0.416 e. The minimum absolute atomic E-state index is 0.133. The van der Waals surface area contributed by atoms with Crippen LogP contribution in [0.3, 0.4) is 0 Å². The van der Waals surface area contributed by atoms with Crippen LogP contribution in [0.1, 0.15) is 23.5 Å². The van der Waals surface area contributed by atoms with Gasteiger partial charge in [-0.3, -0.25) is 4.79 Å². The number of alkyl halides is 3. The van der Waals surface area contributed by atoms with E-state index in [4.69, 9.17) is 16.7 Å². The third kappa shape index (κ3) is 3.17. The van der Waals surface area contributed by atoms with Gasteiger partial charge in [0.25, 0.3) is 0 Å². The van der Waals surface area contributed by atoms with Crippen molar-refractivity contribution in [3.8, 4) is 11.3 Å². The van der Waals surface area contributed by atoms with Gasteiger partial charge in [0, 0.05) is 11.5 Å². The van der Waals surface area contributed by atoms with E-state index < -0.39 is 23.6 Å². The molecule has 0 spiro atoms. The molecule has 1 aromatic carbocycles. The summed E-state index contributed by atoms with van der Waals surface area (Å²) in [6.07, 6.45) is -3.93. The van der Waals surface area contributed by atoms with E-state index in [1.54, 1.807) is 12.1 Å². The molecule has 1 aliphatic carbocycles. The maximum atomic E-state index is 12.8. The molecule has 0 bridgehead atoms. The first-order chi connectivity index (χ1) is 10.8. The molecule has 0 saturated heterocycles. The smallest absolute Gasteiger partial charge is 0.416 e. The SMILES string of the molecule is O=C(O)C1CC1c1ccc(-c2cccc(C(F)(F)F)c2)nc1Cl. The van der Waals surface area contributed by atoms with Crippen molar-refractivity contribution in [1.82, 2.24) is 4.98 Å². The molecular formula is C16H11ClF3NO2. The molecule has 3 rings (SSSR count). The summed E-state index contributed by atoms with van der Waals surface area (Å²) in [6.45, 7) is 0. The Morgan fingerprint density at radius 2 is 2.00 bits per heavy atom. The van der Waals surface area contributed by atoms with Crippen LogP contribution in [0.5, 0.6) is 0 Å². The number of pyridine rings is 1. The Balaban J connectivity index is 1.91. The third-order valence-electron chi connectivity index (χ3n) is 3.87. The fraction of sp³-hybridized carbons (Fsp3) is 0.250. The molecule has 1 aliphatic rings. The van der Waals surface area contributed by atoms with Crippen LogP contribution in [-0.2, 0) is 11.0 Å². The molecule has 2 aromatic rings. The average Bonchev–Trinajstić information content (AvgIpc) is 3.27. The predicted molar refractivity (Wildman–Crippen MR) is 78.2 cm³/mol. The molecule has 1 fully saturated rings. The average molecular weight is 342 g/mol. The number of halogens is 4. The molecule has 0 amide bonds. The highest BCUT2D eigenvalue weighted by Crippen LogP contribution is 2.49. The number of rotatable bonds is 3. The number of carboxylic acids is 1. The molecule has 120 valence electrons. The summed E-state index contributed by atoms with van der Waals surface area (Å²) in [5.74, 6) is -1.52. The number of hydrogen-bond acceptors (Lipinski definition) is 2. The predicted octanol–water partition coefficient (Wildman–Crippen LogP) is 4.61. The van der Waals surface area contributed by atoms with E-state index in [1.807, 2.05) is 0 Å². The van der Waals surface area contributed by atoms with Crippen LogP contribution in [0.15, 0.2) is 36.4 Å². The van der Waals surface area contributed by atoms with Crippen LogP contribution in [0.25, 0.3) is 11.3 Å². The molecule has 1 N–H and O–H groups in total. The van der Waals surface area contributed by atoms with E-state index in [-0.39, 0.29) is 11.1 Å². The van der Waals surface area contributed by atoms with Crippen molar-refractivity contribution >= 4 is 17.6 Å². The fourth-order valence-electron chi connectivity index (χ4n) is 2.55. The van der Waals surface area contributed by atoms with Gasteiger partial charge in [0.2, 0.25) is 0 Å². The molecule has 7 heteroatoms. The Morgan fingerprint density at radius 1 is 1.26 bits per heavy atom. The summed E-state index contributed by atoms with van der Waals surface area (Å²) in [4.78, 5) is 15.0. The van der Waals surface area contributed by atoms with Crippen molar-refractivity contribution in [2.24, 2.45) is 5.92 Å². The van der Waals surface area contributed by atoms with E-state index in [1.165, 1.54) is 12.1 Å². The Bertz CT molecular complexity index is 776. The zero-order chi connectivity index (χ0) is 16.8. The zero-order valence-corrected chi connectivity index (χ0v) is 12.4. The van der Waals surface area contributed by atoms with E-state index in [0.29, 0.717) is 23.2 Å². The molecule has 0 radical (unpaired) electrons. The number of aliphatic carboxylic acids is 1. The zero-order valence-electron chi connectivity index (χ0n) is 11.6. The summed E-state index contributed by atoms with van der Waals surface area (Å²) in [5, 5.41) is 9.08. The van der Waals surface area contributed by atoms with Gasteiger partial charge in [-0.05, 0) is 30.2 Å². The van der Waals surface area contributed by atoms with Gasteiger partial charge in [-0.15, -0.1) is 0 Å². The molecular weight excluding hydrogens is 331 g/mol. The summed E-state index contributed by atoms with van der Waals surface area (Å²) >= 11 is 6.09. The molecule has 23 heavy (non-hydrogen) atoms. The topological polar surface area (TPSA) is 50.2 Å². The van der Waals surface area contributed by atoms with Crippen molar-refractivity contribution in [2.75, 3.05) is 0 Å². The first kappa shape index (κ1) is 15.8. The van der Waals surface area contributed by atoms with E-state index >= 15 is 0 Å². The minimum atomic E-state index is -4.43. The third-order valence-corrected chi connectivity index (χ3v) is 4.17. The van der Waals surface area contributed by atoms with E-state index in [2.05, 4.69) is 4.98 Å². The Labute approximate surface area is 134 Å². The standard InChI is InChI=1S/C16H11ClF3NO2/c17-14-10(11-7-12(11)15(22)23)4-5-13(21-14)8-2-1-3-9(6-8)16(18,19)20/h1-6,11-12H,7H2,(H,22,23). The molecule has 1 aromatic heterocycles. The quantitative estimate of drug-likeness (QED) is 0.829. The van der Waals surface area contributed by atoms with Crippen molar-refractivity contribution in [3.63, 3.8) is 0 Å². The lowest BCUT2D eigenvalue weighted by atomic mass is 10.1. The lowest BCUT2D eigenvalue weighted by Crippen LogP contribution is -2.04. The fourth-order valence-corrected chi connectivity index (χ4v) is 2.84. The number of carboxylic acid groups (broad SMARTS) is 1. The molecule has 3 nitrogen and oxygen atoms in total. The van der Waals surface area contributed by atoms with Gasteiger partial charge in [-0.25, -0.2) is 4.98 Å². The van der Waals surface area contributed by atoms with Crippen molar-refractivity contribution in [2.45, 2.75) is 18.5 Å². The van der Waals surface area contributed by atoms with Crippen molar-refractivity contribution in [3.05, 3.63) is 52.7 Å². The number of benzene rings is 1. The van der Waals surface area contributed by atoms with Gasteiger partial charge < -0.3 is 5.11 Å². The Kier molecular flexibility index (Phi) is 3.80. The molecule has 2 atom stereocenters. The monoisotopic (exact) mass is 341 g/mol. The molecule has 0 aliphatic heterocycles. The van der Waals surface area contributed by atoms with Gasteiger partial charge in [0.05, 0.1) is 17.2 Å². The van der Waals surface area contributed by atoms with Crippen LogP contribution in [0.4, 0.5) is 13.2 Å². The van der Waals surface area contributed by atoms with Crippen LogP contribution >= 0.6 is 11.6 Å². The number of hydrogen-bond donors (Lipinski definition) is 1. The van der Waals surface area contributed by atoms with Crippen molar-refractivity contribution < 1.29 is 23.1 Å². The lowest BCUT2D eigenvalue weighted by Gasteiger charge is -2.09. The van der Waals surface area contributed by atoms with E-state index in [0.717, 1.165) is 12.1 Å². The highest BCUT2D eigenvalue weighted by Gasteiger charge is 2.45. The second-order valence-corrected chi connectivity index (χ2v) is 5.80. The van der Waals surface area contributed by atoms with Crippen LogP contribution < -0.4 is 0 Å². The summed E-state index contributed by atoms with van der Waals surface area (Å²) in [6, 6.07) is 8.02. The van der Waals surface area contributed by atoms with Gasteiger partial charge in [0.1, 0.15) is 5.15 Å². The second kappa shape index (κ2) is 5.53. The highest BCUT2D eigenvalue weighted by molar-refractivity contribution is 6.30. The van der Waals surface area contributed by atoms with Gasteiger partial charge in [-0.1, -0.05) is 29.8 Å². The van der Waals surface area contributed by atoms with Gasteiger partial charge in [0.15, 0.2) is 0 Å². The molecule has 1 saturated carbocycles. The number of nitrogens with zero attached hydrogens (tertiary/aromatic N) is 1. The first-order valence-electron chi connectivity index (χ1n) is 6.84. The largest absolute Gasteiger partial charge is 0.481 e. The minimum Gasteiger partial charge on any atom is -0.481 e. The first-order valence-corrected chi connectivity index (χ1v) is 7.22. The summed E-state index contributed by atoms with van der Waals surface area (Å²) in [7, 11) is 0. The number of carbonyl (C=O) groups is 1. The number of aromatic nitrogens is 1. The maximum absolute atomic E-state index is 12.8. The highest BCUT2D eigenvalue weighted by atomic mass is 35.5. The van der Waals surface area contributed by atoms with E-state index in [9.17, 15) is 18.0 Å². The lowest BCUT2D eigenvalue weighted by molar-refractivity contribution is -0.139. The van der Waals surface area contributed by atoms with Crippen LogP contribution in [-0.4, -0.2) is 16.1 Å². The summed E-state index contributed by atoms with van der Waals surface area (Å²) < 4.78 is 38.3. The summed E-state index contributed by atoms with van der Waals surface area (Å²) in [5.41, 5.74) is 0.483. The van der Waals surface area contributed by atoms with Crippen LogP contribution in [0, 0.1) is 5.92 Å². The Morgan fingerprint density at radius 3 is 2.57 bits per heavy atom. The van der Waals surface area contributed by atoms with Crippen molar-refractivity contribution in [1.29, 1.82) is 0 Å². The van der Waals surface area contributed by atoms with Gasteiger partial charge in [-0.2, -0.15) is 13.2 Å².